The fourth-order valence-electron chi connectivity index (χ4n) is 2.59. The lowest BCUT2D eigenvalue weighted by Crippen LogP contribution is -2.21. The molecule has 7 heteroatoms. The fourth-order valence-corrected chi connectivity index (χ4v) is 2.59. The van der Waals surface area contributed by atoms with E-state index in [0.717, 1.165) is 5.75 Å². The first kappa shape index (κ1) is 20.0. The van der Waals surface area contributed by atoms with E-state index in [4.69, 9.17) is 14.2 Å². The monoisotopic (exact) mass is 394 g/mol. The van der Waals surface area contributed by atoms with Crippen LogP contribution in [0.5, 0.6) is 17.2 Å². The van der Waals surface area contributed by atoms with Crippen molar-refractivity contribution in [3.8, 4) is 17.2 Å². The van der Waals surface area contributed by atoms with Crippen molar-refractivity contribution < 1.29 is 23.8 Å². The molecule has 0 spiro atoms. The van der Waals surface area contributed by atoms with Gasteiger partial charge in [0.25, 0.3) is 5.91 Å². The molecule has 3 rings (SSSR count). The summed E-state index contributed by atoms with van der Waals surface area (Å²) in [7, 11) is 1.73. The summed E-state index contributed by atoms with van der Waals surface area (Å²) in [5, 5.41) is 2.67. The van der Waals surface area contributed by atoms with Crippen molar-refractivity contribution in [2.24, 2.45) is 7.05 Å². The highest BCUT2D eigenvalue weighted by Gasteiger charge is 2.12. The largest absolute Gasteiger partial charge is 0.494 e. The molecule has 3 aromatic rings. The number of carbonyl (C=O) groups is 2. The quantitative estimate of drug-likeness (QED) is 0.584. The topological polar surface area (TPSA) is 78.8 Å². The minimum Gasteiger partial charge on any atom is -0.494 e. The molecule has 0 radical (unpaired) electrons. The zero-order valence-corrected chi connectivity index (χ0v) is 16.3. The molecule has 1 N–H and O–H groups in total. The molecule has 29 heavy (non-hydrogen) atoms. The summed E-state index contributed by atoms with van der Waals surface area (Å²) < 4.78 is 17.8. The lowest BCUT2D eigenvalue weighted by Gasteiger charge is -2.09. The SMILES string of the molecule is CCOc1ccc(Oc2ccc(NC(=O)COC(=O)c3cccn3C)cc2)cc1. The van der Waals surface area contributed by atoms with Crippen LogP contribution in [-0.4, -0.2) is 29.7 Å². The van der Waals surface area contributed by atoms with E-state index in [2.05, 4.69) is 5.32 Å². The Balaban J connectivity index is 1.48. The van der Waals surface area contributed by atoms with Crippen LogP contribution in [0.1, 0.15) is 17.4 Å². The highest BCUT2D eigenvalue weighted by atomic mass is 16.5. The molecule has 0 aliphatic carbocycles. The summed E-state index contributed by atoms with van der Waals surface area (Å²) in [6, 6.07) is 17.6. The Morgan fingerprint density at radius 3 is 2.14 bits per heavy atom. The van der Waals surface area contributed by atoms with Gasteiger partial charge in [0.05, 0.1) is 6.61 Å². The number of nitrogens with one attached hydrogen (secondary N) is 1. The molecule has 0 saturated heterocycles. The van der Waals surface area contributed by atoms with Gasteiger partial charge in [0.1, 0.15) is 22.9 Å². The summed E-state index contributed by atoms with van der Waals surface area (Å²) in [5.41, 5.74) is 0.956. The second-order valence-corrected chi connectivity index (χ2v) is 6.16. The average molecular weight is 394 g/mol. The third-order valence-electron chi connectivity index (χ3n) is 4.00. The minimum atomic E-state index is -0.549. The van der Waals surface area contributed by atoms with Crippen LogP contribution in [0.3, 0.4) is 0 Å². The highest BCUT2D eigenvalue weighted by Crippen LogP contribution is 2.25. The number of benzene rings is 2. The number of esters is 1. The van der Waals surface area contributed by atoms with Gasteiger partial charge in [-0.1, -0.05) is 0 Å². The summed E-state index contributed by atoms with van der Waals surface area (Å²) in [4.78, 5) is 23.9. The Labute approximate surface area is 168 Å². The first-order valence-corrected chi connectivity index (χ1v) is 9.14. The van der Waals surface area contributed by atoms with Gasteiger partial charge in [-0.25, -0.2) is 4.79 Å². The van der Waals surface area contributed by atoms with Crippen molar-refractivity contribution in [2.75, 3.05) is 18.5 Å². The van der Waals surface area contributed by atoms with Crippen molar-refractivity contribution in [1.29, 1.82) is 0 Å². The maximum Gasteiger partial charge on any atom is 0.355 e. The molecule has 150 valence electrons. The van der Waals surface area contributed by atoms with Gasteiger partial charge in [0.2, 0.25) is 0 Å². The molecule has 2 aromatic carbocycles. The molecule has 0 unspecified atom stereocenters. The van der Waals surface area contributed by atoms with Gasteiger partial charge >= 0.3 is 5.97 Å². The third-order valence-corrected chi connectivity index (χ3v) is 4.00. The predicted molar refractivity (Wildman–Crippen MR) is 108 cm³/mol. The van der Waals surface area contributed by atoms with E-state index in [9.17, 15) is 9.59 Å². The lowest BCUT2D eigenvalue weighted by atomic mass is 10.3. The van der Waals surface area contributed by atoms with E-state index in [1.807, 2.05) is 31.2 Å². The number of anilines is 1. The van der Waals surface area contributed by atoms with E-state index in [-0.39, 0.29) is 6.61 Å². The summed E-state index contributed by atoms with van der Waals surface area (Å²) >= 11 is 0. The van der Waals surface area contributed by atoms with Crippen LogP contribution in [0.15, 0.2) is 66.9 Å². The molecule has 1 aromatic heterocycles. The first-order chi connectivity index (χ1) is 14.0. The van der Waals surface area contributed by atoms with Crippen LogP contribution in [0.4, 0.5) is 5.69 Å². The molecule has 0 fully saturated rings. The summed E-state index contributed by atoms with van der Waals surface area (Å²) in [5.74, 6) is 1.12. The van der Waals surface area contributed by atoms with Crippen molar-refractivity contribution in [2.45, 2.75) is 6.92 Å². The number of rotatable bonds is 8. The van der Waals surface area contributed by atoms with E-state index < -0.39 is 11.9 Å². The van der Waals surface area contributed by atoms with Gasteiger partial charge in [-0.15, -0.1) is 0 Å². The predicted octanol–water partition coefficient (Wildman–Crippen LogP) is 4.01. The lowest BCUT2D eigenvalue weighted by molar-refractivity contribution is -0.119. The Bertz CT molecular complexity index is 962. The minimum absolute atomic E-state index is 0.367. The van der Waals surface area contributed by atoms with Crippen LogP contribution in [-0.2, 0) is 16.6 Å². The molecule has 1 heterocycles. The van der Waals surface area contributed by atoms with Gasteiger partial charge in [-0.3, -0.25) is 4.79 Å². The smallest absolute Gasteiger partial charge is 0.355 e. The van der Waals surface area contributed by atoms with Gasteiger partial charge in [-0.05, 0) is 67.6 Å². The fraction of sp³-hybridized carbons (Fsp3) is 0.182. The standard InChI is InChI=1S/C22H22N2O5/c1-3-27-17-10-12-19(13-11-17)29-18-8-6-16(7-9-18)23-21(25)15-28-22(26)20-5-4-14-24(20)2/h4-14H,3,15H2,1-2H3,(H,23,25). The number of aromatic nitrogens is 1. The van der Waals surface area contributed by atoms with E-state index >= 15 is 0 Å². The molecule has 0 aliphatic heterocycles. The number of carbonyl (C=O) groups excluding carboxylic acids is 2. The van der Waals surface area contributed by atoms with Gasteiger partial charge in [-0.2, -0.15) is 0 Å². The first-order valence-electron chi connectivity index (χ1n) is 9.14. The van der Waals surface area contributed by atoms with E-state index in [1.54, 1.807) is 54.2 Å². The van der Waals surface area contributed by atoms with Crippen molar-refractivity contribution in [3.63, 3.8) is 0 Å². The number of hydrogen-bond acceptors (Lipinski definition) is 5. The zero-order valence-electron chi connectivity index (χ0n) is 16.3. The normalized spacial score (nSPS) is 10.3. The van der Waals surface area contributed by atoms with Gasteiger partial charge in [0, 0.05) is 18.9 Å². The van der Waals surface area contributed by atoms with Gasteiger partial charge < -0.3 is 24.1 Å². The van der Waals surface area contributed by atoms with Crippen molar-refractivity contribution >= 4 is 17.6 Å². The van der Waals surface area contributed by atoms with Crippen LogP contribution >= 0.6 is 0 Å². The average Bonchev–Trinajstić information content (AvgIpc) is 3.15. The molecule has 0 saturated carbocycles. The Morgan fingerprint density at radius 2 is 1.55 bits per heavy atom. The van der Waals surface area contributed by atoms with Crippen LogP contribution in [0.25, 0.3) is 0 Å². The maximum atomic E-state index is 12.0. The summed E-state index contributed by atoms with van der Waals surface area (Å²) in [6.07, 6.45) is 1.73. The molecular weight excluding hydrogens is 372 g/mol. The highest BCUT2D eigenvalue weighted by molar-refractivity contribution is 5.95. The van der Waals surface area contributed by atoms with Crippen LogP contribution in [0, 0.1) is 0 Å². The zero-order chi connectivity index (χ0) is 20.6. The Kier molecular flexibility index (Phi) is 6.52. The molecule has 0 atom stereocenters. The number of aryl methyl sites for hydroxylation is 1. The Morgan fingerprint density at radius 1 is 0.931 bits per heavy atom. The second kappa shape index (κ2) is 9.45. The third kappa shape index (κ3) is 5.62. The Hall–Kier alpha value is -3.74. The van der Waals surface area contributed by atoms with Crippen LogP contribution in [0.2, 0.25) is 0 Å². The molecule has 0 aliphatic rings. The van der Waals surface area contributed by atoms with E-state index in [1.165, 1.54) is 0 Å². The number of hydrogen-bond donors (Lipinski definition) is 1. The van der Waals surface area contributed by atoms with Crippen molar-refractivity contribution in [1.82, 2.24) is 4.57 Å². The number of nitrogens with zero attached hydrogens (tertiary/aromatic N) is 1. The maximum absolute atomic E-state index is 12.0. The molecular formula is C22H22N2O5. The van der Waals surface area contributed by atoms with Gasteiger partial charge in [0.15, 0.2) is 6.61 Å². The summed E-state index contributed by atoms with van der Waals surface area (Å²) in [6.45, 7) is 2.17. The molecule has 1 amide bonds. The number of ether oxygens (including phenoxy) is 3. The van der Waals surface area contributed by atoms with Crippen molar-refractivity contribution in [3.05, 3.63) is 72.6 Å². The van der Waals surface area contributed by atoms with Crippen LogP contribution < -0.4 is 14.8 Å². The molecule has 0 bridgehead atoms. The second-order valence-electron chi connectivity index (χ2n) is 6.16. The van der Waals surface area contributed by atoms with E-state index in [0.29, 0.717) is 29.5 Å². The molecule has 7 nitrogen and oxygen atoms in total. The number of amides is 1.